The first-order valence-electron chi connectivity index (χ1n) is 14.1. The van der Waals surface area contributed by atoms with E-state index >= 15 is 0 Å². The van der Waals surface area contributed by atoms with E-state index in [4.69, 9.17) is 15.2 Å². The topological polar surface area (TPSA) is 131 Å². The van der Waals surface area contributed by atoms with Gasteiger partial charge in [-0.2, -0.15) is 0 Å². The van der Waals surface area contributed by atoms with Gasteiger partial charge in [-0.3, -0.25) is 19.7 Å². The molecule has 0 radical (unpaired) electrons. The van der Waals surface area contributed by atoms with Crippen molar-refractivity contribution in [1.82, 2.24) is 15.1 Å². The summed E-state index contributed by atoms with van der Waals surface area (Å²) in [6, 6.07) is 5.09. The van der Waals surface area contributed by atoms with Gasteiger partial charge in [0.25, 0.3) is 5.91 Å². The molecule has 0 bridgehead atoms. The van der Waals surface area contributed by atoms with Gasteiger partial charge >= 0.3 is 6.09 Å². The Morgan fingerprint density at radius 1 is 1.12 bits per heavy atom. The second-order valence-electron chi connectivity index (χ2n) is 11.7. The second kappa shape index (κ2) is 12.8. The van der Waals surface area contributed by atoms with E-state index < -0.39 is 17.6 Å². The van der Waals surface area contributed by atoms with Gasteiger partial charge in [-0.15, -0.1) is 0 Å². The molecular weight excluding hydrogens is 512 g/mol. The number of nitrogens with zero attached hydrogens (tertiary/aromatic N) is 2. The Hall–Kier alpha value is -3.42. The van der Waals surface area contributed by atoms with E-state index in [1.165, 1.54) is 4.90 Å². The SMILES string of the molecule is CC(C)(C)OC(=O)N(CCOCCC#Cc1ccc2c(c1)CN(C1CCC(=O)NC1=O)C2=O)C1CCC(N)CC1. The number of hydrogen-bond donors (Lipinski definition) is 2. The molecule has 216 valence electrons. The van der Waals surface area contributed by atoms with E-state index in [0.29, 0.717) is 44.7 Å². The minimum absolute atomic E-state index is 0.107. The number of imide groups is 1. The molecule has 4 rings (SSSR count). The Kier molecular flexibility index (Phi) is 9.48. The predicted molar refractivity (Wildman–Crippen MR) is 148 cm³/mol. The van der Waals surface area contributed by atoms with Gasteiger partial charge in [-0.05, 0) is 76.6 Å². The number of fused-ring (bicyclic) bond motifs is 1. The summed E-state index contributed by atoms with van der Waals surface area (Å²) in [4.78, 5) is 52.7. The van der Waals surface area contributed by atoms with Crippen LogP contribution < -0.4 is 11.1 Å². The summed E-state index contributed by atoms with van der Waals surface area (Å²) < 4.78 is 11.4. The lowest BCUT2D eigenvalue weighted by atomic mass is 9.91. The molecule has 1 aliphatic carbocycles. The van der Waals surface area contributed by atoms with Crippen LogP contribution in [0.3, 0.4) is 0 Å². The maximum absolute atomic E-state index is 12.8. The van der Waals surface area contributed by atoms with E-state index in [2.05, 4.69) is 17.2 Å². The van der Waals surface area contributed by atoms with E-state index in [1.54, 1.807) is 17.0 Å². The van der Waals surface area contributed by atoms with Gasteiger partial charge in [0, 0.05) is 49.1 Å². The Morgan fingerprint density at radius 3 is 2.58 bits per heavy atom. The van der Waals surface area contributed by atoms with E-state index in [0.717, 1.165) is 36.8 Å². The number of benzene rings is 1. The minimum atomic E-state index is -0.633. The van der Waals surface area contributed by atoms with Crippen LogP contribution in [0.2, 0.25) is 0 Å². The number of piperidine rings is 1. The summed E-state index contributed by atoms with van der Waals surface area (Å²) in [5, 5.41) is 2.32. The van der Waals surface area contributed by atoms with Crippen LogP contribution in [0, 0.1) is 11.8 Å². The quantitative estimate of drug-likeness (QED) is 0.302. The molecule has 3 aliphatic rings. The largest absolute Gasteiger partial charge is 0.444 e. The van der Waals surface area contributed by atoms with Crippen LogP contribution in [-0.2, 0) is 25.6 Å². The monoisotopic (exact) mass is 552 g/mol. The van der Waals surface area contributed by atoms with Crippen LogP contribution in [0.1, 0.15) is 87.2 Å². The molecule has 10 nitrogen and oxygen atoms in total. The molecule has 1 saturated carbocycles. The number of rotatable bonds is 7. The van der Waals surface area contributed by atoms with Crippen molar-refractivity contribution in [3.8, 4) is 11.8 Å². The third-order valence-electron chi connectivity index (χ3n) is 7.41. The van der Waals surface area contributed by atoms with Crippen LogP contribution in [0.25, 0.3) is 0 Å². The summed E-state index contributed by atoms with van der Waals surface area (Å²) in [6.07, 6.45) is 4.28. The molecule has 0 spiro atoms. The van der Waals surface area contributed by atoms with E-state index in [9.17, 15) is 19.2 Å². The zero-order chi connectivity index (χ0) is 28.9. The predicted octanol–water partition coefficient (Wildman–Crippen LogP) is 2.71. The third-order valence-corrected chi connectivity index (χ3v) is 7.41. The van der Waals surface area contributed by atoms with E-state index in [1.807, 2.05) is 26.8 Å². The lowest BCUT2D eigenvalue weighted by Gasteiger charge is -2.36. The van der Waals surface area contributed by atoms with Crippen LogP contribution >= 0.6 is 0 Å². The molecular formula is C30H40N4O6. The first-order chi connectivity index (χ1) is 19.0. The molecule has 1 unspecified atom stereocenters. The summed E-state index contributed by atoms with van der Waals surface area (Å²) >= 11 is 0. The number of carbonyl (C=O) groups is 4. The lowest BCUT2D eigenvalue weighted by Crippen LogP contribution is -2.52. The van der Waals surface area contributed by atoms with Crippen LogP contribution in [0.4, 0.5) is 4.79 Å². The van der Waals surface area contributed by atoms with Crippen molar-refractivity contribution >= 4 is 23.8 Å². The number of amides is 4. The first kappa shape index (κ1) is 29.6. The molecule has 1 saturated heterocycles. The number of ether oxygens (including phenoxy) is 2. The highest BCUT2D eigenvalue weighted by Crippen LogP contribution is 2.28. The zero-order valence-corrected chi connectivity index (χ0v) is 23.7. The molecule has 40 heavy (non-hydrogen) atoms. The van der Waals surface area contributed by atoms with Crippen LogP contribution in [-0.4, -0.2) is 77.1 Å². The second-order valence-corrected chi connectivity index (χ2v) is 11.7. The highest BCUT2D eigenvalue weighted by Gasteiger charge is 2.39. The van der Waals surface area contributed by atoms with Crippen molar-refractivity contribution in [2.45, 2.75) is 96.0 Å². The maximum atomic E-state index is 12.8. The van der Waals surface area contributed by atoms with Gasteiger partial charge in [0.15, 0.2) is 0 Å². The Morgan fingerprint density at radius 2 is 1.88 bits per heavy atom. The van der Waals surface area contributed by atoms with Gasteiger partial charge in [-0.1, -0.05) is 11.8 Å². The fourth-order valence-corrected chi connectivity index (χ4v) is 5.36. The standard InChI is InChI=1S/C30H40N4O6/c1-30(2,3)40-29(38)33(23-10-8-22(31)9-11-23)15-17-39-16-5-4-6-20-7-12-24-21(18-20)19-34(28(24)37)25-13-14-26(35)32-27(25)36/h7,12,18,22-23,25H,5,8-11,13-17,19,31H2,1-3H3,(H,32,35,36). The molecule has 10 heteroatoms. The van der Waals surface area contributed by atoms with Crippen molar-refractivity contribution in [2.75, 3.05) is 19.8 Å². The number of carbonyl (C=O) groups excluding carboxylic acids is 4. The molecule has 1 aromatic carbocycles. The van der Waals surface area contributed by atoms with Crippen molar-refractivity contribution < 1.29 is 28.7 Å². The number of nitrogens with one attached hydrogen (secondary N) is 1. The molecule has 2 fully saturated rings. The smallest absolute Gasteiger partial charge is 0.410 e. The van der Waals surface area contributed by atoms with Gasteiger partial charge in [-0.25, -0.2) is 4.79 Å². The average Bonchev–Trinajstić information content (AvgIpc) is 3.20. The Labute approximate surface area is 235 Å². The van der Waals surface area contributed by atoms with Crippen LogP contribution in [0.5, 0.6) is 0 Å². The Balaban J connectivity index is 1.25. The molecule has 2 heterocycles. The van der Waals surface area contributed by atoms with Crippen LogP contribution in [0.15, 0.2) is 18.2 Å². The highest BCUT2D eigenvalue weighted by molar-refractivity contribution is 6.05. The summed E-state index contributed by atoms with van der Waals surface area (Å²) in [7, 11) is 0. The number of hydrogen-bond acceptors (Lipinski definition) is 7. The average molecular weight is 553 g/mol. The Bertz CT molecular complexity index is 1190. The van der Waals surface area contributed by atoms with Gasteiger partial charge in [0.2, 0.25) is 11.8 Å². The summed E-state index contributed by atoms with van der Waals surface area (Å²) in [5.74, 6) is 5.30. The molecule has 3 N–H and O–H groups in total. The molecule has 0 aromatic heterocycles. The zero-order valence-electron chi connectivity index (χ0n) is 23.7. The normalized spacial score (nSPS) is 22.8. The fraction of sp³-hybridized carbons (Fsp3) is 0.600. The maximum Gasteiger partial charge on any atom is 0.410 e. The minimum Gasteiger partial charge on any atom is -0.444 e. The summed E-state index contributed by atoms with van der Waals surface area (Å²) in [6.45, 7) is 7.18. The van der Waals surface area contributed by atoms with Gasteiger partial charge in [0.05, 0.1) is 13.2 Å². The molecule has 1 aromatic rings. The van der Waals surface area contributed by atoms with Crippen molar-refractivity contribution in [3.05, 3.63) is 34.9 Å². The van der Waals surface area contributed by atoms with Gasteiger partial charge in [0.1, 0.15) is 11.6 Å². The third kappa shape index (κ3) is 7.61. The molecule has 4 amide bonds. The first-order valence-corrected chi connectivity index (χ1v) is 14.1. The van der Waals surface area contributed by atoms with Crippen molar-refractivity contribution in [3.63, 3.8) is 0 Å². The lowest BCUT2D eigenvalue weighted by molar-refractivity contribution is -0.136. The number of nitrogens with two attached hydrogens (primary N) is 1. The van der Waals surface area contributed by atoms with E-state index in [-0.39, 0.29) is 36.4 Å². The van der Waals surface area contributed by atoms with Crippen molar-refractivity contribution in [1.29, 1.82) is 0 Å². The molecule has 2 aliphatic heterocycles. The van der Waals surface area contributed by atoms with Crippen molar-refractivity contribution in [2.24, 2.45) is 5.73 Å². The fourth-order valence-electron chi connectivity index (χ4n) is 5.36. The van der Waals surface area contributed by atoms with Gasteiger partial charge < -0.3 is 25.0 Å². The summed E-state index contributed by atoms with van der Waals surface area (Å²) in [5.41, 5.74) is 7.65. The highest BCUT2D eigenvalue weighted by atomic mass is 16.6. The molecule has 1 atom stereocenters.